The maximum Gasteiger partial charge on any atom is 0.191 e. The Kier molecular flexibility index (Phi) is 9.54. The van der Waals surface area contributed by atoms with Gasteiger partial charge >= 0.3 is 0 Å². The molecule has 0 saturated heterocycles. The number of carbonyl (C=O) groups excluding carboxylic acids is 1. The summed E-state index contributed by atoms with van der Waals surface area (Å²) in [5.41, 5.74) is 1.11. The number of carbonyl (C=O) groups is 1. The molecule has 0 aliphatic heterocycles. The van der Waals surface area contributed by atoms with E-state index in [-0.39, 0.29) is 5.04 Å². The Balaban J connectivity index is 2.08. The van der Waals surface area contributed by atoms with Gasteiger partial charge in [-0.1, -0.05) is 32.9 Å². The smallest absolute Gasteiger partial charge is 0.191 e. The summed E-state index contributed by atoms with van der Waals surface area (Å²) in [4.78, 5) is 12.0. The van der Waals surface area contributed by atoms with Crippen LogP contribution in [0.25, 0.3) is 0 Å². The molecule has 1 aromatic rings. The van der Waals surface area contributed by atoms with E-state index in [1.807, 2.05) is 24.3 Å². The number of Topliss-reactive ketones (excluding diaryl/α,β-unsaturated/α-hetero) is 1. The van der Waals surface area contributed by atoms with Gasteiger partial charge in [0.05, 0.1) is 13.7 Å². The molecule has 26 heavy (non-hydrogen) atoms. The summed E-state index contributed by atoms with van der Waals surface area (Å²) in [7, 11) is -0.0358. The fourth-order valence-electron chi connectivity index (χ4n) is 2.22. The third-order valence-electron chi connectivity index (χ3n) is 5.04. The van der Waals surface area contributed by atoms with E-state index in [0.29, 0.717) is 38.4 Å². The lowest BCUT2D eigenvalue weighted by Gasteiger charge is -2.36. The van der Waals surface area contributed by atoms with E-state index in [1.165, 1.54) is 0 Å². The summed E-state index contributed by atoms with van der Waals surface area (Å²) in [5.74, 6) is 1.15. The van der Waals surface area contributed by atoms with Crippen LogP contribution in [0.3, 0.4) is 0 Å². The second kappa shape index (κ2) is 10.9. The van der Waals surface area contributed by atoms with Crippen molar-refractivity contribution in [2.24, 2.45) is 0 Å². The molecular weight excluding hydrogens is 344 g/mol. The molecule has 1 rings (SSSR count). The number of hydrogen-bond donors (Lipinski definition) is 0. The Labute approximate surface area is 160 Å². The van der Waals surface area contributed by atoms with Crippen LogP contribution < -0.4 is 4.74 Å². The lowest BCUT2D eigenvalue weighted by atomic mass is 10.1. The van der Waals surface area contributed by atoms with Crippen molar-refractivity contribution < 1.29 is 18.7 Å². The standard InChI is InChI=1S/C21H36O4Si/c1-21(2,3)26(5,6)25-16-8-10-19(22)9-7-15-24-17-18-11-13-20(23-4)14-12-18/h11-14H,7-10,15-17H2,1-6H3. The summed E-state index contributed by atoms with van der Waals surface area (Å²) in [5, 5.41) is 0.220. The van der Waals surface area contributed by atoms with E-state index in [0.717, 1.165) is 24.2 Å². The zero-order chi connectivity index (χ0) is 19.6. The molecule has 0 fully saturated rings. The first-order chi connectivity index (χ1) is 12.2. The summed E-state index contributed by atoms with van der Waals surface area (Å²) in [6, 6.07) is 7.83. The van der Waals surface area contributed by atoms with Crippen LogP contribution in [0.1, 0.15) is 52.0 Å². The van der Waals surface area contributed by atoms with Crippen LogP contribution in [-0.4, -0.2) is 34.4 Å². The summed E-state index contributed by atoms with van der Waals surface area (Å²) in [6.07, 6.45) is 2.78. The molecule has 0 aromatic heterocycles. The molecule has 0 N–H and O–H groups in total. The quantitative estimate of drug-likeness (QED) is 0.361. The van der Waals surface area contributed by atoms with Crippen LogP contribution in [-0.2, 0) is 20.6 Å². The highest BCUT2D eigenvalue weighted by atomic mass is 28.4. The van der Waals surface area contributed by atoms with Gasteiger partial charge in [0.25, 0.3) is 0 Å². The van der Waals surface area contributed by atoms with Crippen molar-refractivity contribution in [2.45, 2.75) is 71.2 Å². The highest BCUT2D eigenvalue weighted by Gasteiger charge is 2.36. The molecule has 0 amide bonds. The molecule has 0 spiro atoms. The van der Waals surface area contributed by atoms with Crippen molar-refractivity contribution in [3.8, 4) is 5.75 Å². The van der Waals surface area contributed by atoms with E-state index in [4.69, 9.17) is 13.9 Å². The normalized spacial score (nSPS) is 12.2. The molecule has 0 aliphatic carbocycles. The monoisotopic (exact) mass is 380 g/mol. The fourth-order valence-corrected chi connectivity index (χ4v) is 3.31. The van der Waals surface area contributed by atoms with Crippen molar-refractivity contribution in [3.63, 3.8) is 0 Å². The molecule has 5 heteroatoms. The summed E-state index contributed by atoms with van der Waals surface area (Å²) < 4.78 is 16.9. The minimum Gasteiger partial charge on any atom is -0.497 e. The SMILES string of the molecule is COc1ccc(COCCCC(=O)CCCO[Si](C)(C)C(C)(C)C)cc1. The van der Waals surface area contributed by atoms with Gasteiger partial charge in [-0.25, -0.2) is 0 Å². The minimum atomic E-state index is -1.69. The van der Waals surface area contributed by atoms with Crippen LogP contribution in [0.15, 0.2) is 24.3 Å². The average molecular weight is 381 g/mol. The second-order valence-corrected chi connectivity index (χ2v) is 13.1. The first-order valence-electron chi connectivity index (χ1n) is 9.52. The molecule has 0 radical (unpaired) electrons. The minimum absolute atomic E-state index is 0.220. The maximum absolute atomic E-state index is 12.0. The number of rotatable bonds is 12. The molecule has 0 atom stereocenters. The summed E-state index contributed by atoms with van der Waals surface area (Å²) in [6.45, 7) is 13.1. The van der Waals surface area contributed by atoms with Gasteiger partial charge in [0.15, 0.2) is 8.32 Å². The Morgan fingerprint density at radius 3 is 2.12 bits per heavy atom. The van der Waals surface area contributed by atoms with E-state index in [2.05, 4.69) is 33.9 Å². The molecule has 0 saturated carbocycles. The van der Waals surface area contributed by atoms with E-state index in [9.17, 15) is 4.79 Å². The number of methoxy groups -OCH3 is 1. The highest BCUT2D eigenvalue weighted by Crippen LogP contribution is 2.36. The number of benzene rings is 1. The van der Waals surface area contributed by atoms with E-state index < -0.39 is 8.32 Å². The average Bonchev–Trinajstić information content (AvgIpc) is 2.58. The van der Waals surface area contributed by atoms with Gasteiger partial charge in [0.2, 0.25) is 0 Å². The maximum atomic E-state index is 12.0. The molecule has 148 valence electrons. The van der Waals surface area contributed by atoms with Crippen molar-refractivity contribution in [3.05, 3.63) is 29.8 Å². The lowest BCUT2D eigenvalue weighted by Crippen LogP contribution is -2.41. The Morgan fingerprint density at radius 1 is 1.00 bits per heavy atom. The predicted molar refractivity (Wildman–Crippen MR) is 109 cm³/mol. The zero-order valence-electron chi connectivity index (χ0n) is 17.4. The van der Waals surface area contributed by atoms with Crippen molar-refractivity contribution in [1.82, 2.24) is 0 Å². The van der Waals surface area contributed by atoms with Gasteiger partial charge in [-0.15, -0.1) is 0 Å². The van der Waals surface area contributed by atoms with Crippen molar-refractivity contribution >= 4 is 14.1 Å². The number of hydrogen-bond acceptors (Lipinski definition) is 4. The zero-order valence-corrected chi connectivity index (χ0v) is 18.4. The Morgan fingerprint density at radius 2 is 1.58 bits per heavy atom. The molecule has 4 nitrogen and oxygen atoms in total. The van der Waals surface area contributed by atoms with Gasteiger partial charge < -0.3 is 13.9 Å². The first kappa shape index (κ1) is 22.9. The van der Waals surface area contributed by atoms with Gasteiger partial charge in [-0.05, 0) is 48.7 Å². The molecule has 0 heterocycles. The van der Waals surface area contributed by atoms with Crippen molar-refractivity contribution in [1.29, 1.82) is 0 Å². The Bertz CT molecular complexity index is 532. The third kappa shape index (κ3) is 8.47. The van der Waals surface area contributed by atoms with Crippen LogP contribution in [0.5, 0.6) is 5.75 Å². The topological polar surface area (TPSA) is 44.8 Å². The lowest BCUT2D eigenvalue weighted by molar-refractivity contribution is -0.119. The van der Waals surface area contributed by atoms with Crippen LogP contribution in [0.4, 0.5) is 0 Å². The third-order valence-corrected chi connectivity index (χ3v) is 9.58. The Hall–Kier alpha value is -1.17. The summed E-state index contributed by atoms with van der Waals surface area (Å²) >= 11 is 0. The predicted octanol–water partition coefficient (Wildman–Crippen LogP) is 5.36. The van der Waals surface area contributed by atoms with E-state index >= 15 is 0 Å². The van der Waals surface area contributed by atoms with Crippen molar-refractivity contribution in [2.75, 3.05) is 20.3 Å². The van der Waals surface area contributed by atoms with Gasteiger partial charge in [0.1, 0.15) is 11.5 Å². The fraction of sp³-hybridized carbons (Fsp3) is 0.667. The number of ketones is 1. The molecular formula is C21H36O4Si. The van der Waals surface area contributed by atoms with Crippen LogP contribution in [0, 0.1) is 0 Å². The van der Waals surface area contributed by atoms with Gasteiger partial charge in [-0.2, -0.15) is 0 Å². The molecule has 1 aromatic carbocycles. The second-order valence-electron chi connectivity index (χ2n) is 8.26. The van der Waals surface area contributed by atoms with E-state index in [1.54, 1.807) is 7.11 Å². The molecule has 0 unspecified atom stereocenters. The van der Waals surface area contributed by atoms with Crippen LogP contribution >= 0.6 is 0 Å². The highest BCUT2D eigenvalue weighted by molar-refractivity contribution is 6.74. The van der Waals surface area contributed by atoms with Crippen LogP contribution in [0.2, 0.25) is 18.1 Å². The molecule has 0 bridgehead atoms. The largest absolute Gasteiger partial charge is 0.497 e. The number of ether oxygens (including phenoxy) is 2. The molecule has 0 aliphatic rings. The first-order valence-corrected chi connectivity index (χ1v) is 12.4. The van der Waals surface area contributed by atoms with Gasteiger partial charge in [0, 0.05) is 26.1 Å². The van der Waals surface area contributed by atoms with Gasteiger partial charge in [-0.3, -0.25) is 4.79 Å².